The van der Waals surface area contributed by atoms with Crippen molar-refractivity contribution in [1.29, 1.82) is 0 Å². The summed E-state index contributed by atoms with van der Waals surface area (Å²) in [5.41, 5.74) is 0. The average molecular weight is 264 g/mol. The number of Topliss-reactive ketones (excluding diaryl/α,β-unsaturated/α-hetero) is 3. The summed E-state index contributed by atoms with van der Waals surface area (Å²) in [5, 5.41) is 0. The van der Waals surface area contributed by atoms with Crippen LogP contribution in [0.1, 0.15) is 50.5 Å². The molecule has 0 N–H and O–H groups in total. The van der Waals surface area contributed by atoms with Crippen molar-refractivity contribution in [2.24, 2.45) is 0 Å². The largest absolute Gasteiger partial charge is 0.466 e. The minimum Gasteiger partial charge on any atom is -0.466 e. The zero-order valence-corrected chi connectivity index (χ0v) is 11.5. The molecule has 0 fully saturated rings. The van der Waals surface area contributed by atoms with Crippen molar-refractivity contribution >= 4 is 17.3 Å². The molecule has 104 valence electrons. The highest BCUT2D eigenvalue weighted by Crippen LogP contribution is 2.10. The van der Waals surface area contributed by atoms with Crippen molar-refractivity contribution in [2.45, 2.75) is 52.4 Å². The summed E-state index contributed by atoms with van der Waals surface area (Å²) in [5.74, 6) is 1.69. The molecule has 0 saturated heterocycles. The minimum atomic E-state index is -0.0163. The van der Waals surface area contributed by atoms with E-state index in [1.54, 1.807) is 0 Å². The van der Waals surface area contributed by atoms with Crippen LogP contribution in [0.4, 0.5) is 0 Å². The minimum absolute atomic E-state index is 0.00728. The zero-order chi connectivity index (χ0) is 14.3. The lowest BCUT2D eigenvalue weighted by Crippen LogP contribution is -2.06. The average Bonchev–Trinajstić information content (AvgIpc) is 2.77. The number of rotatable bonds is 9. The predicted octanol–water partition coefficient (Wildman–Crippen LogP) is 2.81. The van der Waals surface area contributed by atoms with Gasteiger partial charge >= 0.3 is 0 Å². The van der Waals surface area contributed by atoms with Crippen LogP contribution < -0.4 is 0 Å². The molecule has 0 aliphatic rings. The third-order valence-electron chi connectivity index (χ3n) is 2.88. The lowest BCUT2D eigenvalue weighted by Gasteiger charge is -2.00. The van der Waals surface area contributed by atoms with E-state index in [2.05, 4.69) is 0 Å². The van der Waals surface area contributed by atoms with E-state index in [-0.39, 0.29) is 43.0 Å². The van der Waals surface area contributed by atoms with Crippen LogP contribution >= 0.6 is 0 Å². The molecule has 19 heavy (non-hydrogen) atoms. The van der Waals surface area contributed by atoms with Gasteiger partial charge in [0.1, 0.15) is 28.9 Å². The first-order chi connectivity index (χ1) is 8.97. The normalized spacial score (nSPS) is 10.4. The van der Waals surface area contributed by atoms with E-state index in [0.29, 0.717) is 12.8 Å². The third kappa shape index (κ3) is 6.70. The topological polar surface area (TPSA) is 64.3 Å². The molecule has 0 aromatic carbocycles. The predicted molar refractivity (Wildman–Crippen MR) is 70.9 cm³/mol. The molecule has 0 spiro atoms. The maximum Gasteiger partial charge on any atom is 0.133 e. The molecule has 1 heterocycles. The van der Waals surface area contributed by atoms with Crippen LogP contribution in [0.5, 0.6) is 0 Å². The lowest BCUT2D eigenvalue weighted by molar-refractivity contribution is -0.125. The molecule has 4 nitrogen and oxygen atoms in total. The molecule has 0 radical (unpaired) electrons. The highest BCUT2D eigenvalue weighted by molar-refractivity contribution is 5.88. The second-order valence-corrected chi connectivity index (χ2v) is 4.79. The van der Waals surface area contributed by atoms with Gasteiger partial charge in [0, 0.05) is 38.5 Å². The van der Waals surface area contributed by atoms with Crippen molar-refractivity contribution in [1.82, 2.24) is 0 Å². The third-order valence-corrected chi connectivity index (χ3v) is 2.88. The van der Waals surface area contributed by atoms with Gasteiger partial charge in [-0.25, -0.2) is 0 Å². The Morgan fingerprint density at radius 1 is 0.947 bits per heavy atom. The van der Waals surface area contributed by atoms with E-state index < -0.39 is 0 Å². The number of aryl methyl sites for hydroxylation is 2. The van der Waals surface area contributed by atoms with E-state index in [9.17, 15) is 14.4 Å². The van der Waals surface area contributed by atoms with Gasteiger partial charge in [0.25, 0.3) is 0 Å². The van der Waals surface area contributed by atoms with Gasteiger partial charge in [0.2, 0.25) is 0 Å². The van der Waals surface area contributed by atoms with Crippen LogP contribution in [0.25, 0.3) is 0 Å². The monoisotopic (exact) mass is 264 g/mol. The van der Waals surface area contributed by atoms with Crippen molar-refractivity contribution in [2.75, 3.05) is 0 Å². The van der Waals surface area contributed by atoms with Crippen LogP contribution in [0.3, 0.4) is 0 Å². The number of hydrogen-bond donors (Lipinski definition) is 0. The summed E-state index contributed by atoms with van der Waals surface area (Å²) in [6.07, 6.45) is 2.00. The van der Waals surface area contributed by atoms with Gasteiger partial charge in [-0.2, -0.15) is 0 Å². The first kappa shape index (κ1) is 15.3. The van der Waals surface area contributed by atoms with Crippen LogP contribution in [0.2, 0.25) is 0 Å². The van der Waals surface area contributed by atoms with E-state index in [1.165, 1.54) is 6.92 Å². The fraction of sp³-hybridized carbons (Fsp3) is 0.533. The van der Waals surface area contributed by atoms with Gasteiger partial charge in [-0.3, -0.25) is 9.59 Å². The number of hydrogen-bond acceptors (Lipinski definition) is 4. The summed E-state index contributed by atoms with van der Waals surface area (Å²) in [4.78, 5) is 33.7. The highest BCUT2D eigenvalue weighted by atomic mass is 16.3. The van der Waals surface area contributed by atoms with Gasteiger partial charge in [0.05, 0.1) is 0 Å². The first-order valence-corrected chi connectivity index (χ1v) is 6.55. The van der Waals surface area contributed by atoms with Gasteiger partial charge in [-0.05, 0) is 26.0 Å². The van der Waals surface area contributed by atoms with Crippen molar-refractivity contribution < 1.29 is 18.8 Å². The summed E-state index contributed by atoms with van der Waals surface area (Å²) < 4.78 is 5.37. The molecule has 0 aliphatic carbocycles. The Hall–Kier alpha value is -1.71. The van der Waals surface area contributed by atoms with E-state index in [1.807, 2.05) is 19.1 Å². The Morgan fingerprint density at radius 2 is 1.53 bits per heavy atom. The van der Waals surface area contributed by atoms with Gasteiger partial charge in [-0.1, -0.05) is 0 Å². The van der Waals surface area contributed by atoms with Crippen molar-refractivity contribution in [3.8, 4) is 0 Å². The molecule has 0 unspecified atom stereocenters. The van der Waals surface area contributed by atoms with Crippen LogP contribution in [-0.4, -0.2) is 17.3 Å². The van der Waals surface area contributed by atoms with Crippen LogP contribution in [0, 0.1) is 6.92 Å². The molecule has 0 atom stereocenters. The summed E-state index contributed by atoms with van der Waals surface area (Å²) in [6, 6.07) is 3.73. The number of carbonyl (C=O) groups is 3. The van der Waals surface area contributed by atoms with Crippen LogP contribution in [-0.2, 0) is 20.8 Å². The van der Waals surface area contributed by atoms with E-state index >= 15 is 0 Å². The highest BCUT2D eigenvalue weighted by Gasteiger charge is 2.09. The fourth-order valence-corrected chi connectivity index (χ4v) is 1.73. The van der Waals surface area contributed by atoms with Crippen LogP contribution in [0.15, 0.2) is 16.5 Å². The maximum atomic E-state index is 11.6. The Morgan fingerprint density at radius 3 is 2.05 bits per heavy atom. The summed E-state index contributed by atoms with van der Waals surface area (Å²) in [6.45, 7) is 3.32. The molecule has 1 aromatic heterocycles. The molecule has 4 heteroatoms. The lowest BCUT2D eigenvalue weighted by atomic mass is 10.0. The fourth-order valence-electron chi connectivity index (χ4n) is 1.73. The molecule has 0 bridgehead atoms. The smallest absolute Gasteiger partial charge is 0.133 e. The standard InChI is InChI=1S/C15H20O4/c1-11(16)3-5-13(17)6-7-14(18)8-10-15-9-4-12(2)19-15/h4,9H,3,5-8,10H2,1-2H3. The molecule has 0 saturated carbocycles. The van der Waals surface area contributed by atoms with Gasteiger partial charge < -0.3 is 9.21 Å². The van der Waals surface area contributed by atoms with Gasteiger partial charge in [0.15, 0.2) is 0 Å². The van der Waals surface area contributed by atoms with Gasteiger partial charge in [-0.15, -0.1) is 0 Å². The summed E-state index contributed by atoms with van der Waals surface area (Å²) in [7, 11) is 0. The quantitative estimate of drug-likeness (QED) is 0.688. The zero-order valence-electron chi connectivity index (χ0n) is 11.5. The first-order valence-electron chi connectivity index (χ1n) is 6.55. The van der Waals surface area contributed by atoms with E-state index in [0.717, 1.165) is 11.5 Å². The van der Waals surface area contributed by atoms with Crippen molar-refractivity contribution in [3.05, 3.63) is 23.7 Å². The molecular weight excluding hydrogens is 244 g/mol. The maximum absolute atomic E-state index is 11.6. The molecule has 0 amide bonds. The van der Waals surface area contributed by atoms with E-state index in [4.69, 9.17) is 4.42 Å². The second kappa shape index (κ2) is 7.67. The molecule has 0 aliphatic heterocycles. The second-order valence-electron chi connectivity index (χ2n) is 4.79. The Kier molecular flexibility index (Phi) is 6.19. The molecular formula is C15H20O4. The Bertz CT molecular complexity index is 456. The van der Waals surface area contributed by atoms with Crippen molar-refractivity contribution in [3.63, 3.8) is 0 Å². The Labute approximate surface area is 113 Å². The summed E-state index contributed by atoms with van der Waals surface area (Å²) >= 11 is 0. The number of furan rings is 1. The number of carbonyl (C=O) groups excluding carboxylic acids is 3. The molecule has 1 rings (SSSR count). The Balaban J connectivity index is 2.17. The molecule has 1 aromatic rings. The SMILES string of the molecule is CC(=O)CCC(=O)CCC(=O)CCc1ccc(C)o1. The number of ketones is 3.